The van der Waals surface area contributed by atoms with Crippen molar-refractivity contribution in [3.05, 3.63) is 69.8 Å². The predicted molar refractivity (Wildman–Crippen MR) is 94.9 cm³/mol. The van der Waals surface area contributed by atoms with Crippen molar-refractivity contribution >= 4 is 5.69 Å². The van der Waals surface area contributed by atoms with E-state index < -0.39 is 0 Å². The van der Waals surface area contributed by atoms with Crippen LogP contribution in [-0.2, 0) is 13.1 Å². The van der Waals surface area contributed by atoms with Crippen molar-refractivity contribution in [2.45, 2.75) is 13.1 Å². The summed E-state index contributed by atoms with van der Waals surface area (Å²) in [5.41, 5.74) is 2.67. The molecule has 132 valence electrons. The van der Waals surface area contributed by atoms with Crippen molar-refractivity contribution in [1.29, 1.82) is 0 Å². The molecule has 0 atom stereocenters. The number of nitrogens with one attached hydrogen (secondary N) is 2. The number of nitro benzene ring substituents is 1. The van der Waals surface area contributed by atoms with Crippen LogP contribution >= 0.6 is 0 Å². The molecule has 1 heterocycles. The fourth-order valence-corrected chi connectivity index (χ4v) is 3.37. The Balaban J connectivity index is 1.47. The molecule has 0 unspecified atom stereocenters. The molecule has 1 fully saturated rings. The number of hydrogen-bond donors (Lipinski definition) is 2. The van der Waals surface area contributed by atoms with Crippen molar-refractivity contribution in [1.82, 2.24) is 0 Å². The van der Waals surface area contributed by atoms with Crippen molar-refractivity contribution in [3.8, 4) is 5.75 Å². The van der Waals surface area contributed by atoms with E-state index in [2.05, 4.69) is 12.1 Å². The molecule has 0 spiro atoms. The maximum atomic E-state index is 10.7. The molecular formula is C19H25N3O3+2. The largest absolute Gasteiger partial charge is 0.497 e. The highest BCUT2D eigenvalue weighted by molar-refractivity contribution is 5.32. The van der Waals surface area contributed by atoms with E-state index in [4.69, 9.17) is 4.74 Å². The summed E-state index contributed by atoms with van der Waals surface area (Å²) in [6, 6.07) is 15.3. The number of piperazine rings is 1. The summed E-state index contributed by atoms with van der Waals surface area (Å²) in [6.45, 7) is 6.54. The Morgan fingerprint density at radius 3 is 1.72 bits per heavy atom. The molecule has 3 rings (SSSR count). The monoisotopic (exact) mass is 343 g/mol. The molecule has 1 saturated heterocycles. The van der Waals surface area contributed by atoms with Crippen molar-refractivity contribution in [3.63, 3.8) is 0 Å². The topological polar surface area (TPSA) is 61.2 Å². The van der Waals surface area contributed by atoms with Gasteiger partial charge in [-0.2, -0.15) is 0 Å². The number of rotatable bonds is 6. The maximum Gasteiger partial charge on any atom is 0.269 e. The van der Waals surface area contributed by atoms with Gasteiger partial charge in [-0.15, -0.1) is 0 Å². The third-order valence-electron chi connectivity index (χ3n) is 4.88. The quantitative estimate of drug-likeness (QED) is 0.577. The van der Waals surface area contributed by atoms with E-state index in [0.29, 0.717) is 0 Å². The minimum atomic E-state index is -0.349. The number of non-ortho nitro benzene ring substituents is 1. The molecule has 0 radical (unpaired) electrons. The van der Waals surface area contributed by atoms with Gasteiger partial charge in [0.2, 0.25) is 0 Å². The number of benzene rings is 2. The average molecular weight is 343 g/mol. The Hall–Kier alpha value is -2.44. The predicted octanol–water partition coefficient (Wildman–Crippen LogP) is 0.0870. The summed E-state index contributed by atoms with van der Waals surface area (Å²) in [5, 5.41) is 10.7. The van der Waals surface area contributed by atoms with E-state index in [-0.39, 0.29) is 10.6 Å². The van der Waals surface area contributed by atoms with Crippen LogP contribution in [-0.4, -0.2) is 38.2 Å². The van der Waals surface area contributed by atoms with Gasteiger partial charge in [0.05, 0.1) is 12.0 Å². The highest BCUT2D eigenvalue weighted by Gasteiger charge is 2.23. The Labute approximate surface area is 147 Å². The first-order valence-corrected chi connectivity index (χ1v) is 8.67. The van der Waals surface area contributed by atoms with Gasteiger partial charge in [-0.3, -0.25) is 10.1 Å². The van der Waals surface area contributed by atoms with Gasteiger partial charge in [-0.25, -0.2) is 0 Å². The fourth-order valence-electron chi connectivity index (χ4n) is 3.37. The summed E-state index contributed by atoms with van der Waals surface area (Å²) in [6.07, 6.45) is 0. The van der Waals surface area contributed by atoms with Crippen molar-refractivity contribution in [2.75, 3.05) is 33.3 Å². The van der Waals surface area contributed by atoms with E-state index in [9.17, 15) is 10.1 Å². The molecule has 1 aliphatic heterocycles. The number of nitro groups is 1. The first-order chi connectivity index (χ1) is 12.1. The third-order valence-corrected chi connectivity index (χ3v) is 4.88. The summed E-state index contributed by atoms with van der Waals surface area (Å²) in [7, 11) is 1.69. The number of quaternary nitrogens is 2. The Bertz CT molecular complexity index is 693. The molecule has 0 saturated carbocycles. The summed E-state index contributed by atoms with van der Waals surface area (Å²) >= 11 is 0. The molecule has 25 heavy (non-hydrogen) atoms. The second kappa shape index (κ2) is 8.09. The van der Waals surface area contributed by atoms with E-state index in [1.165, 1.54) is 11.1 Å². The van der Waals surface area contributed by atoms with Crippen LogP contribution in [0.1, 0.15) is 11.1 Å². The van der Waals surface area contributed by atoms with Crippen LogP contribution in [0, 0.1) is 10.1 Å². The van der Waals surface area contributed by atoms with Crippen LogP contribution in [0.25, 0.3) is 0 Å². The second-order valence-corrected chi connectivity index (χ2v) is 6.63. The van der Waals surface area contributed by atoms with Gasteiger partial charge >= 0.3 is 0 Å². The molecule has 0 amide bonds. The second-order valence-electron chi connectivity index (χ2n) is 6.63. The van der Waals surface area contributed by atoms with Gasteiger partial charge in [0.1, 0.15) is 45.0 Å². The molecule has 0 bridgehead atoms. The van der Waals surface area contributed by atoms with E-state index in [1.54, 1.807) is 29.0 Å². The van der Waals surface area contributed by atoms with Crippen LogP contribution in [0.3, 0.4) is 0 Å². The van der Waals surface area contributed by atoms with Crippen molar-refractivity contribution < 1.29 is 19.5 Å². The van der Waals surface area contributed by atoms with Crippen molar-refractivity contribution in [2.24, 2.45) is 0 Å². The summed E-state index contributed by atoms with van der Waals surface area (Å²) in [4.78, 5) is 13.5. The number of ether oxygens (including phenoxy) is 1. The minimum absolute atomic E-state index is 0.160. The SMILES string of the molecule is COc1ccc(C[NH+]2CC[NH+](Cc3ccc([N+](=O)[O-])cc3)CC2)cc1. The van der Waals surface area contributed by atoms with E-state index in [0.717, 1.165) is 45.0 Å². The lowest BCUT2D eigenvalue weighted by Gasteiger charge is -2.29. The summed E-state index contributed by atoms with van der Waals surface area (Å²) < 4.78 is 5.20. The molecule has 0 aliphatic carbocycles. The van der Waals surface area contributed by atoms with Gasteiger partial charge in [0, 0.05) is 23.3 Å². The number of hydrogen-bond acceptors (Lipinski definition) is 3. The highest BCUT2D eigenvalue weighted by atomic mass is 16.6. The van der Waals surface area contributed by atoms with Crippen LogP contribution in [0.2, 0.25) is 0 Å². The molecule has 0 aromatic heterocycles. The zero-order chi connectivity index (χ0) is 17.6. The van der Waals surface area contributed by atoms with Crippen LogP contribution in [0.4, 0.5) is 5.69 Å². The molecule has 6 nitrogen and oxygen atoms in total. The lowest BCUT2D eigenvalue weighted by Crippen LogP contribution is -3.27. The molecule has 1 aliphatic rings. The normalized spacial score (nSPS) is 20.2. The molecule has 2 aromatic carbocycles. The third kappa shape index (κ3) is 4.78. The zero-order valence-corrected chi connectivity index (χ0v) is 14.5. The Kier molecular flexibility index (Phi) is 5.63. The Morgan fingerprint density at radius 2 is 1.32 bits per heavy atom. The van der Waals surface area contributed by atoms with E-state index in [1.807, 2.05) is 24.3 Å². The molecular weight excluding hydrogens is 318 g/mol. The maximum absolute atomic E-state index is 10.7. The number of methoxy groups -OCH3 is 1. The van der Waals surface area contributed by atoms with Gasteiger partial charge in [-0.1, -0.05) is 0 Å². The van der Waals surface area contributed by atoms with Gasteiger partial charge in [-0.05, 0) is 36.4 Å². The average Bonchev–Trinajstić information content (AvgIpc) is 2.64. The smallest absolute Gasteiger partial charge is 0.269 e. The van der Waals surface area contributed by atoms with Crippen LogP contribution in [0.5, 0.6) is 5.75 Å². The Morgan fingerprint density at radius 1 is 0.880 bits per heavy atom. The minimum Gasteiger partial charge on any atom is -0.497 e. The van der Waals surface area contributed by atoms with Crippen LogP contribution in [0.15, 0.2) is 48.5 Å². The molecule has 6 heteroatoms. The first kappa shape index (κ1) is 17.4. The van der Waals surface area contributed by atoms with Crippen LogP contribution < -0.4 is 14.5 Å². The molecule has 2 N–H and O–H groups in total. The highest BCUT2D eigenvalue weighted by Crippen LogP contribution is 2.11. The summed E-state index contributed by atoms with van der Waals surface area (Å²) in [5.74, 6) is 0.899. The first-order valence-electron chi connectivity index (χ1n) is 8.67. The van der Waals surface area contributed by atoms with E-state index >= 15 is 0 Å². The zero-order valence-electron chi connectivity index (χ0n) is 14.5. The molecule has 2 aromatic rings. The lowest BCUT2D eigenvalue weighted by atomic mass is 10.1. The fraction of sp³-hybridized carbons (Fsp3) is 0.368. The lowest BCUT2D eigenvalue weighted by molar-refractivity contribution is -1.02. The number of nitrogens with zero attached hydrogens (tertiary/aromatic N) is 1. The van der Waals surface area contributed by atoms with Gasteiger partial charge in [0.15, 0.2) is 0 Å². The van der Waals surface area contributed by atoms with Gasteiger partial charge < -0.3 is 14.5 Å². The standard InChI is InChI=1S/C19H23N3O3/c1-25-19-8-4-17(5-9-19)15-21-12-10-20(11-13-21)14-16-2-6-18(7-3-16)22(23)24/h2-9H,10-15H2,1H3/p+2. The van der Waals surface area contributed by atoms with Gasteiger partial charge in [0.25, 0.3) is 5.69 Å².